The average Bonchev–Trinajstić information content (AvgIpc) is 3.31. The van der Waals surface area contributed by atoms with Crippen LogP contribution < -0.4 is 0 Å². The van der Waals surface area contributed by atoms with Crippen LogP contribution in [0.15, 0.2) is 59.3 Å². The Morgan fingerprint density at radius 1 is 1.00 bits per heavy atom. The first-order chi connectivity index (χ1) is 15.7. The molecule has 0 radical (unpaired) electrons. The summed E-state index contributed by atoms with van der Waals surface area (Å²) in [6.07, 6.45) is 1.91. The number of aryl methyl sites for hydroxylation is 2. The van der Waals surface area contributed by atoms with Gasteiger partial charge in [-0.05, 0) is 36.5 Å². The van der Waals surface area contributed by atoms with Gasteiger partial charge in [0.1, 0.15) is 17.1 Å². The highest BCUT2D eigenvalue weighted by Gasteiger charge is 2.24. The Morgan fingerprint density at radius 3 is 2.42 bits per heavy atom. The van der Waals surface area contributed by atoms with E-state index in [1.54, 1.807) is 0 Å². The number of rotatable bonds is 4. The van der Waals surface area contributed by atoms with Gasteiger partial charge in [-0.3, -0.25) is 4.98 Å². The molecule has 0 aliphatic carbocycles. The lowest BCUT2D eigenvalue weighted by molar-refractivity contribution is 0.342. The molecule has 5 rings (SSSR count). The molecule has 5 nitrogen and oxygen atoms in total. The highest BCUT2D eigenvalue weighted by molar-refractivity contribution is 6.03. The second kappa shape index (κ2) is 7.84. The number of imidazole rings is 1. The number of benzene rings is 2. The molecule has 0 aliphatic heterocycles. The quantitative estimate of drug-likeness (QED) is 0.301. The van der Waals surface area contributed by atoms with Crippen LogP contribution in [0.2, 0.25) is 0 Å². The molecule has 0 spiro atoms. The zero-order chi connectivity index (χ0) is 23.3. The van der Waals surface area contributed by atoms with Gasteiger partial charge in [0, 0.05) is 23.4 Å². The highest BCUT2D eigenvalue weighted by Crippen LogP contribution is 2.35. The van der Waals surface area contributed by atoms with E-state index < -0.39 is 0 Å². The lowest BCUT2D eigenvalue weighted by Crippen LogP contribution is -2.19. The molecule has 5 heteroatoms. The molecule has 1 atom stereocenters. The SMILES string of the molecule is Cc1noc(C)c1-c1ccc2c(c1)ncc1nc(C(C)c3ccccc3)n(CC(C)(C)C)c12. The predicted molar refractivity (Wildman–Crippen MR) is 133 cm³/mol. The monoisotopic (exact) mass is 438 g/mol. The number of pyridine rings is 1. The molecular weight excluding hydrogens is 408 g/mol. The molecule has 0 amide bonds. The summed E-state index contributed by atoms with van der Waals surface area (Å²) in [5.41, 5.74) is 7.42. The summed E-state index contributed by atoms with van der Waals surface area (Å²) < 4.78 is 7.80. The molecule has 0 saturated heterocycles. The molecule has 5 aromatic rings. The standard InChI is InChI=1S/C28H30N4O/c1-17(20-10-8-7-9-11-20)27-30-24-15-29-23-14-21(25-18(2)31-33-19(25)3)12-13-22(23)26(24)32(27)16-28(4,5)6/h7-15,17H,16H2,1-6H3. The van der Waals surface area contributed by atoms with E-state index in [1.807, 2.05) is 20.0 Å². The van der Waals surface area contributed by atoms with Crippen LogP contribution in [0, 0.1) is 19.3 Å². The molecule has 0 bridgehead atoms. The lowest BCUT2D eigenvalue weighted by Gasteiger charge is -2.23. The third-order valence-electron chi connectivity index (χ3n) is 6.24. The Labute approximate surface area is 194 Å². The van der Waals surface area contributed by atoms with Crippen molar-refractivity contribution in [3.05, 3.63) is 77.6 Å². The molecule has 3 heterocycles. The fourth-order valence-corrected chi connectivity index (χ4v) is 4.74. The van der Waals surface area contributed by atoms with Crippen LogP contribution in [0.3, 0.4) is 0 Å². The Bertz CT molecular complexity index is 1440. The Hall–Kier alpha value is -3.47. The maximum Gasteiger partial charge on any atom is 0.141 e. The van der Waals surface area contributed by atoms with Gasteiger partial charge in [0.05, 0.1) is 22.9 Å². The second-order valence-electron chi connectivity index (χ2n) is 10.2. The lowest BCUT2D eigenvalue weighted by atomic mass is 9.95. The molecule has 0 saturated carbocycles. The Balaban J connectivity index is 1.74. The molecule has 0 fully saturated rings. The zero-order valence-corrected chi connectivity index (χ0v) is 20.2. The number of aromatic nitrogens is 4. The van der Waals surface area contributed by atoms with Crippen LogP contribution in [0.4, 0.5) is 0 Å². The third-order valence-corrected chi connectivity index (χ3v) is 6.24. The van der Waals surface area contributed by atoms with E-state index in [4.69, 9.17) is 14.5 Å². The van der Waals surface area contributed by atoms with E-state index in [0.29, 0.717) is 0 Å². The summed E-state index contributed by atoms with van der Waals surface area (Å²) in [5, 5.41) is 5.24. The van der Waals surface area contributed by atoms with Crippen LogP contribution >= 0.6 is 0 Å². The van der Waals surface area contributed by atoms with Gasteiger partial charge in [-0.25, -0.2) is 4.98 Å². The van der Waals surface area contributed by atoms with Gasteiger partial charge in [0.25, 0.3) is 0 Å². The zero-order valence-electron chi connectivity index (χ0n) is 20.2. The van der Waals surface area contributed by atoms with E-state index in [2.05, 4.69) is 85.9 Å². The normalized spacial score (nSPS) is 13.2. The molecule has 2 aromatic carbocycles. The van der Waals surface area contributed by atoms with Crippen molar-refractivity contribution in [3.63, 3.8) is 0 Å². The summed E-state index contributed by atoms with van der Waals surface area (Å²) in [6.45, 7) is 13.9. The van der Waals surface area contributed by atoms with E-state index in [-0.39, 0.29) is 11.3 Å². The summed E-state index contributed by atoms with van der Waals surface area (Å²) in [5.74, 6) is 2.08. The summed E-state index contributed by atoms with van der Waals surface area (Å²) in [4.78, 5) is 9.89. The largest absolute Gasteiger partial charge is 0.361 e. The van der Waals surface area contributed by atoms with E-state index in [9.17, 15) is 0 Å². The van der Waals surface area contributed by atoms with Crippen LogP contribution in [0.25, 0.3) is 33.1 Å². The van der Waals surface area contributed by atoms with Crippen molar-refractivity contribution in [1.82, 2.24) is 19.7 Å². The van der Waals surface area contributed by atoms with Crippen molar-refractivity contribution in [2.75, 3.05) is 0 Å². The van der Waals surface area contributed by atoms with Crippen molar-refractivity contribution in [2.24, 2.45) is 5.41 Å². The number of fused-ring (bicyclic) bond motifs is 3. The van der Waals surface area contributed by atoms with Gasteiger partial charge in [-0.15, -0.1) is 0 Å². The van der Waals surface area contributed by atoms with Gasteiger partial charge in [0.2, 0.25) is 0 Å². The van der Waals surface area contributed by atoms with E-state index in [1.165, 1.54) is 5.56 Å². The molecule has 0 N–H and O–H groups in total. The van der Waals surface area contributed by atoms with Crippen LogP contribution in [-0.4, -0.2) is 19.7 Å². The third kappa shape index (κ3) is 3.82. The smallest absolute Gasteiger partial charge is 0.141 e. The highest BCUT2D eigenvalue weighted by atomic mass is 16.5. The minimum absolute atomic E-state index is 0.102. The molecule has 33 heavy (non-hydrogen) atoms. The van der Waals surface area contributed by atoms with Crippen molar-refractivity contribution in [1.29, 1.82) is 0 Å². The van der Waals surface area contributed by atoms with Crippen molar-refractivity contribution in [3.8, 4) is 11.1 Å². The van der Waals surface area contributed by atoms with Crippen molar-refractivity contribution >= 4 is 21.9 Å². The van der Waals surface area contributed by atoms with Crippen LogP contribution in [-0.2, 0) is 6.54 Å². The fourth-order valence-electron chi connectivity index (χ4n) is 4.74. The van der Waals surface area contributed by atoms with E-state index >= 15 is 0 Å². The topological polar surface area (TPSA) is 56.7 Å². The maximum absolute atomic E-state index is 5.39. The first-order valence-corrected chi connectivity index (χ1v) is 11.5. The summed E-state index contributed by atoms with van der Waals surface area (Å²) >= 11 is 0. The first-order valence-electron chi connectivity index (χ1n) is 11.5. The predicted octanol–water partition coefficient (Wildman–Crippen LogP) is 7.05. The van der Waals surface area contributed by atoms with Crippen molar-refractivity contribution in [2.45, 2.75) is 54.0 Å². The summed E-state index contributed by atoms with van der Waals surface area (Å²) in [6, 6.07) is 17.0. The Morgan fingerprint density at radius 2 is 1.76 bits per heavy atom. The second-order valence-corrected chi connectivity index (χ2v) is 10.2. The molecule has 0 aliphatic rings. The average molecular weight is 439 g/mol. The number of hydrogen-bond acceptors (Lipinski definition) is 4. The number of nitrogens with zero attached hydrogens (tertiary/aromatic N) is 4. The minimum Gasteiger partial charge on any atom is -0.361 e. The maximum atomic E-state index is 5.39. The van der Waals surface area contributed by atoms with Gasteiger partial charge in [-0.2, -0.15) is 0 Å². The van der Waals surface area contributed by atoms with Crippen LogP contribution in [0.5, 0.6) is 0 Å². The molecular formula is C28H30N4O. The molecule has 3 aromatic heterocycles. The van der Waals surface area contributed by atoms with Gasteiger partial charge in [0.15, 0.2) is 0 Å². The van der Waals surface area contributed by atoms with Gasteiger partial charge < -0.3 is 9.09 Å². The minimum atomic E-state index is 0.102. The van der Waals surface area contributed by atoms with Crippen molar-refractivity contribution < 1.29 is 4.52 Å². The number of hydrogen-bond donors (Lipinski definition) is 0. The Kier molecular flexibility index (Phi) is 5.08. The molecule has 1 unspecified atom stereocenters. The van der Waals surface area contributed by atoms with Crippen LogP contribution in [0.1, 0.15) is 56.5 Å². The van der Waals surface area contributed by atoms with Gasteiger partial charge >= 0.3 is 0 Å². The summed E-state index contributed by atoms with van der Waals surface area (Å²) in [7, 11) is 0. The van der Waals surface area contributed by atoms with E-state index in [0.717, 1.165) is 56.9 Å². The molecule has 168 valence electrons. The fraction of sp³-hybridized carbons (Fsp3) is 0.321. The first kappa shape index (κ1) is 21.4. The van der Waals surface area contributed by atoms with Gasteiger partial charge in [-0.1, -0.05) is 75.3 Å².